The molecular weight excluding hydrogens is 232 g/mol. The van der Waals surface area contributed by atoms with Crippen LogP contribution in [0, 0.1) is 11.3 Å². The van der Waals surface area contributed by atoms with Crippen LogP contribution in [0.5, 0.6) is 0 Å². The van der Waals surface area contributed by atoms with Gasteiger partial charge in [-0.2, -0.15) is 0 Å². The highest BCUT2D eigenvalue weighted by atomic mass is 15.1. The molecule has 0 aromatic rings. The molecule has 1 aliphatic rings. The maximum atomic E-state index is 3.65. The Morgan fingerprint density at radius 3 is 2.63 bits per heavy atom. The Morgan fingerprint density at radius 1 is 1.16 bits per heavy atom. The van der Waals surface area contributed by atoms with Crippen molar-refractivity contribution >= 4 is 0 Å². The van der Waals surface area contributed by atoms with Gasteiger partial charge in [0, 0.05) is 13.1 Å². The molecule has 0 amide bonds. The van der Waals surface area contributed by atoms with Crippen molar-refractivity contribution in [2.45, 2.75) is 66.2 Å². The van der Waals surface area contributed by atoms with Gasteiger partial charge in [0.05, 0.1) is 0 Å². The highest BCUT2D eigenvalue weighted by Crippen LogP contribution is 2.26. The Balaban J connectivity index is 2.45. The van der Waals surface area contributed by atoms with Gasteiger partial charge in [-0.15, -0.1) is 0 Å². The monoisotopic (exact) mass is 268 g/mol. The molecule has 2 unspecified atom stereocenters. The molecule has 114 valence electrons. The van der Waals surface area contributed by atoms with E-state index in [0.717, 1.165) is 12.5 Å². The Hall–Kier alpha value is -0.0800. The van der Waals surface area contributed by atoms with Gasteiger partial charge in [0.25, 0.3) is 0 Å². The number of hydrogen-bond acceptors (Lipinski definition) is 2. The normalized spacial score (nSPS) is 24.9. The summed E-state index contributed by atoms with van der Waals surface area (Å²) in [5, 5.41) is 3.65. The fourth-order valence-electron chi connectivity index (χ4n) is 3.41. The van der Waals surface area contributed by atoms with Gasteiger partial charge in [0.2, 0.25) is 0 Å². The van der Waals surface area contributed by atoms with Crippen LogP contribution in [-0.4, -0.2) is 37.6 Å². The molecule has 1 N–H and O–H groups in total. The van der Waals surface area contributed by atoms with Crippen LogP contribution in [0.4, 0.5) is 0 Å². The van der Waals surface area contributed by atoms with Crippen LogP contribution in [0.1, 0.15) is 66.2 Å². The number of hydrogen-bond donors (Lipinski definition) is 1. The van der Waals surface area contributed by atoms with Gasteiger partial charge in [-0.3, -0.25) is 0 Å². The standard InChI is InChI=1S/C17H36N2/c1-5-10-17(4,14-18-11-6-2)15-19-12-7-8-16(3)9-13-19/h16,18H,5-15H2,1-4H3. The molecule has 2 nitrogen and oxygen atoms in total. The lowest BCUT2D eigenvalue weighted by molar-refractivity contribution is 0.152. The molecule has 2 heteroatoms. The van der Waals surface area contributed by atoms with Crippen molar-refractivity contribution < 1.29 is 0 Å². The number of nitrogens with one attached hydrogen (secondary N) is 1. The summed E-state index contributed by atoms with van der Waals surface area (Å²) >= 11 is 0. The smallest absolute Gasteiger partial charge is 0.00475 e. The first kappa shape index (κ1) is 17.0. The summed E-state index contributed by atoms with van der Waals surface area (Å²) in [6.45, 7) is 15.7. The number of rotatable bonds is 8. The third-order valence-corrected chi connectivity index (χ3v) is 4.55. The molecule has 0 aromatic carbocycles. The van der Waals surface area contributed by atoms with Crippen LogP contribution >= 0.6 is 0 Å². The van der Waals surface area contributed by atoms with Gasteiger partial charge in [0.15, 0.2) is 0 Å². The van der Waals surface area contributed by atoms with Crippen molar-refractivity contribution in [3.05, 3.63) is 0 Å². The van der Waals surface area contributed by atoms with Crippen LogP contribution in [0.15, 0.2) is 0 Å². The van der Waals surface area contributed by atoms with E-state index in [1.807, 2.05) is 0 Å². The Bertz CT molecular complexity index is 229. The average Bonchev–Trinajstić information content (AvgIpc) is 2.55. The average molecular weight is 268 g/mol. The van der Waals surface area contributed by atoms with Crippen molar-refractivity contribution in [2.75, 3.05) is 32.7 Å². The lowest BCUT2D eigenvalue weighted by Crippen LogP contribution is -2.43. The van der Waals surface area contributed by atoms with Crippen molar-refractivity contribution in [1.29, 1.82) is 0 Å². The maximum Gasteiger partial charge on any atom is 0.00475 e. The molecule has 0 aliphatic carbocycles. The summed E-state index contributed by atoms with van der Waals surface area (Å²) in [7, 11) is 0. The zero-order chi connectivity index (χ0) is 14.1. The minimum Gasteiger partial charge on any atom is -0.316 e. The van der Waals surface area contributed by atoms with Crippen LogP contribution in [-0.2, 0) is 0 Å². The van der Waals surface area contributed by atoms with Gasteiger partial charge >= 0.3 is 0 Å². The first-order chi connectivity index (χ1) is 9.09. The van der Waals surface area contributed by atoms with E-state index in [-0.39, 0.29) is 0 Å². The fourth-order valence-corrected chi connectivity index (χ4v) is 3.41. The summed E-state index contributed by atoms with van der Waals surface area (Å²) < 4.78 is 0. The van der Waals surface area contributed by atoms with E-state index in [1.165, 1.54) is 64.7 Å². The molecule has 0 radical (unpaired) electrons. The minimum absolute atomic E-state index is 0.456. The van der Waals surface area contributed by atoms with E-state index in [9.17, 15) is 0 Å². The molecule has 2 atom stereocenters. The third-order valence-electron chi connectivity index (χ3n) is 4.55. The molecule has 19 heavy (non-hydrogen) atoms. The highest BCUT2D eigenvalue weighted by molar-refractivity contribution is 4.82. The molecule has 1 heterocycles. The van der Waals surface area contributed by atoms with E-state index in [4.69, 9.17) is 0 Å². The zero-order valence-electron chi connectivity index (χ0n) is 13.8. The van der Waals surface area contributed by atoms with E-state index >= 15 is 0 Å². The van der Waals surface area contributed by atoms with E-state index in [0.29, 0.717) is 5.41 Å². The fraction of sp³-hybridized carbons (Fsp3) is 1.00. The molecule has 1 rings (SSSR count). The molecule has 1 fully saturated rings. The zero-order valence-corrected chi connectivity index (χ0v) is 13.8. The second-order valence-corrected chi connectivity index (χ2v) is 7.05. The summed E-state index contributed by atoms with van der Waals surface area (Å²) in [6.07, 6.45) is 8.10. The van der Waals surface area contributed by atoms with Gasteiger partial charge < -0.3 is 10.2 Å². The van der Waals surface area contributed by atoms with Crippen molar-refractivity contribution in [2.24, 2.45) is 11.3 Å². The van der Waals surface area contributed by atoms with E-state index < -0.39 is 0 Å². The lowest BCUT2D eigenvalue weighted by atomic mass is 9.84. The van der Waals surface area contributed by atoms with Crippen molar-refractivity contribution in [3.63, 3.8) is 0 Å². The topological polar surface area (TPSA) is 15.3 Å². The first-order valence-corrected chi connectivity index (χ1v) is 8.52. The Morgan fingerprint density at radius 2 is 1.95 bits per heavy atom. The van der Waals surface area contributed by atoms with Crippen molar-refractivity contribution in [1.82, 2.24) is 10.2 Å². The molecule has 1 aliphatic heterocycles. The lowest BCUT2D eigenvalue weighted by Gasteiger charge is -2.35. The van der Waals surface area contributed by atoms with Gasteiger partial charge in [-0.05, 0) is 63.1 Å². The molecule has 0 bridgehead atoms. The number of nitrogens with zero attached hydrogens (tertiary/aromatic N) is 1. The predicted octanol–water partition coefficient (Wildman–Crippen LogP) is 3.91. The molecular formula is C17H36N2. The van der Waals surface area contributed by atoms with Crippen LogP contribution < -0.4 is 5.32 Å². The summed E-state index contributed by atoms with van der Waals surface area (Å²) in [4.78, 5) is 2.73. The van der Waals surface area contributed by atoms with Crippen LogP contribution in [0.3, 0.4) is 0 Å². The van der Waals surface area contributed by atoms with Gasteiger partial charge in [-0.1, -0.05) is 34.1 Å². The molecule has 1 saturated heterocycles. The number of likely N-dealkylation sites (tertiary alicyclic amines) is 1. The second-order valence-electron chi connectivity index (χ2n) is 7.05. The third kappa shape index (κ3) is 6.76. The van der Waals surface area contributed by atoms with Gasteiger partial charge in [0.1, 0.15) is 0 Å². The highest BCUT2D eigenvalue weighted by Gasteiger charge is 2.26. The Kier molecular flexibility index (Phi) is 8.01. The predicted molar refractivity (Wildman–Crippen MR) is 85.6 cm³/mol. The molecule has 0 saturated carbocycles. The van der Waals surface area contributed by atoms with Gasteiger partial charge in [-0.25, -0.2) is 0 Å². The van der Waals surface area contributed by atoms with E-state index in [1.54, 1.807) is 0 Å². The molecule has 0 aromatic heterocycles. The largest absolute Gasteiger partial charge is 0.316 e. The van der Waals surface area contributed by atoms with Crippen LogP contribution in [0.2, 0.25) is 0 Å². The second kappa shape index (κ2) is 8.97. The summed E-state index contributed by atoms with van der Waals surface area (Å²) in [5.41, 5.74) is 0.456. The van der Waals surface area contributed by atoms with Crippen LogP contribution in [0.25, 0.3) is 0 Å². The van der Waals surface area contributed by atoms with E-state index in [2.05, 4.69) is 37.9 Å². The summed E-state index contributed by atoms with van der Waals surface area (Å²) in [5.74, 6) is 0.931. The minimum atomic E-state index is 0.456. The van der Waals surface area contributed by atoms with Crippen molar-refractivity contribution in [3.8, 4) is 0 Å². The SMILES string of the molecule is CCCNCC(C)(CCC)CN1CCCC(C)CC1. The first-order valence-electron chi connectivity index (χ1n) is 8.52. The maximum absolute atomic E-state index is 3.65. The quantitative estimate of drug-likeness (QED) is 0.671. The Labute approximate surface area is 121 Å². The summed E-state index contributed by atoms with van der Waals surface area (Å²) in [6, 6.07) is 0. The molecule has 0 spiro atoms.